The molecule has 120 valence electrons. The summed E-state index contributed by atoms with van der Waals surface area (Å²) in [7, 11) is 3.01. The summed E-state index contributed by atoms with van der Waals surface area (Å²) in [6, 6.07) is -1.28. The third-order valence-electron chi connectivity index (χ3n) is 2.99. The first-order valence-electron chi connectivity index (χ1n) is 6.55. The molecule has 1 fully saturated rings. The molecule has 0 radical (unpaired) electrons. The normalized spacial score (nSPS) is 18.2. The van der Waals surface area contributed by atoms with Crippen LogP contribution in [0.1, 0.15) is 0 Å². The number of rotatable bonds is 6. The van der Waals surface area contributed by atoms with E-state index in [9.17, 15) is 14.4 Å². The number of carboxylic acids is 1. The minimum absolute atomic E-state index is 0.113. The van der Waals surface area contributed by atoms with Crippen LogP contribution in [0.5, 0.6) is 0 Å². The van der Waals surface area contributed by atoms with E-state index in [2.05, 4.69) is 5.32 Å². The Morgan fingerprint density at radius 1 is 1.48 bits per heavy atom. The summed E-state index contributed by atoms with van der Waals surface area (Å²) in [4.78, 5) is 37.6. The third-order valence-corrected chi connectivity index (χ3v) is 4.02. The molecular formula is C12H21N3O5S. The lowest BCUT2D eigenvalue weighted by molar-refractivity contribution is -0.141. The van der Waals surface area contributed by atoms with Crippen LogP contribution in [0.4, 0.5) is 4.79 Å². The second-order valence-electron chi connectivity index (χ2n) is 4.60. The number of aliphatic carboxylic acids is 1. The van der Waals surface area contributed by atoms with Gasteiger partial charge in [0.25, 0.3) is 0 Å². The van der Waals surface area contributed by atoms with Crippen molar-refractivity contribution in [2.45, 2.75) is 6.04 Å². The first-order chi connectivity index (χ1) is 9.97. The summed E-state index contributed by atoms with van der Waals surface area (Å²) in [5, 5.41) is 11.8. The minimum atomic E-state index is -1.02. The molecule has 1 unspecified atom stereocenters. The molecule has 1 rings (SSSR count). The molecular weight excluding hydrogens is 298 g/mol. The van der Waals surface area contributed by atoms with Crippen molar-refractivity contribution in [3.8, 4) is 0 Å². The zero-order chi connectivity index (χ0) is 15.8. The van der Waals surface area contributed by atoms with Gasteiger partial charge >= 0.3 is 12.0 Å². The molecule has 8 nitrogen and oxygen atoms in total. The van der Waals surface area contributed by atoms with Gasteiger partial charge < -0.3 is 25.0 Å². The van der Waals surface area contributed by atoms with Crippen LogP contribution < -0.4 is 5.32 Å². The summed E-state index contributed by atoms with van der Waals surface area (Å²) < 4.78 is 4.81. The van der Waals surface area contributed by atoms with Crippen LogP contribution in [-0.2, 0) is 14.3 Å². The summed E-state index contributed by atoms with van der Waals surface area (Å²) in [5.41, 5.74) is 0. The van der Waals surface area contributed by atoms with Gasteiger partial charge in [0.1, 0.15) is 12.6 Å². The molecule has 1 saturated heterocycles. The second kappa shape index (κ2) is 8.73. The lowest BCUT2D eigenvalue weighted by atomic mass is 10.3. The molecule has 0 spiro atoms. The highest BCUT2D eigenvalue weighted by molar-refractivity contribution is 7.99. The van der Waals surface area contributed by atoms with Crippen LogP contribution >= 0.6 is 11.8 Å². The molecule has 2 N–H and O–H groups in total. The highest BCUT2D eigenvalue weighted by Gasteiger charge is 2.34. The van der Waals surface area contributed by atoms with E-state index in [-0.39, 0.29) is 12.5 Å². The van der Waals surface area contributed by atoms with Gasteiger partial charge in [0.2, 0.25) is 5.91 Å². The smallest absolute Gasteiger partial charge is 0.327 e. The van der Waals surface area contributed by atoms with Crippen LogP contribution in [-0.4, -0.2) is 90.8 Å². The average molecular weight is 319 g/mol. The number of methoxy groups -OCH3 is 1. The van der Waals surface area contributed by atoms with Crippen LogP contribution in [0.3, 0.4) is 0 Å². The van der Waals surface area contributed by atoms with Crippen molar-refractivity contribution >= 4 is 29.7 Å². The molecule has 0 bridgehead atoms. The fourth-order valence-corrected chi connectivity index (χ4v) is 2.93. The van der Waals surface area contributed by atoms with E-state index >= 15 is 0 Å². The van der Waals surface area contributed by atoms with E-state index < -0.39 is 18.0 Å². The molecule has 0 aromatic heterocycles. The van der Waals surface area contributed by atoms with E-state index in [1.165, 1.54) is 35.7 Å². The predicted octanol–water partition coefficient (Wildman–Crippen LogP) is -0.697. The van der Waals surface area contributed by atoms with Gasteiger partial charge in [-0.1, -0.05) is 0 Å². The number of carbonyl (C=O) groups excluding carboxylic acids is 2. The molecule has 1 atom stereocenters. The highest BCUT2D eigenvalue weighted by atomic mass is 32.2. The molecule has 0 aromatic rings. The largest absolute Gasteiger partial charge is 0.480 e. The Bertz CT molecular complexity index is 393. The molecule has 0 aromatic carbocycles. The fourth-order valence-electron chi connectivity index (χ4n) is 1.89. The second-order valence-corrected chi connectivity index (χ2v) is 5.75. The maximum atomic E-state index is 12.3. The number of thioether (sulfide) groups is 1. The summed E-state index contributed by atoms with van der Waals surface area (Å²) in [6.07, 6.45) is 0. The number of amides is 3. The van der Waals surface area contributed by atoms with Crippen LogP contribution in [0, 0.1) is 0 Å². The van der Waals surface area contributed by atoms with Crippen molar-refractivity contribution in [2.75, 3.05) is 51.9 Å². The molecule has 1 aliphatic rings. The Morgan fingerprint density at radius 2 is 2.19 bits per heavy atom. The Morgan fingerprint density at radius 3 is 2.81 bits per heavy atom. The van der Waals surface area contributed by atoms with Gasteiger partial charge in [0.15, 0.2) is 0 Å². The number of ether oxygens (including phenoxy) is 1. The Kier molecular flexibility index (Phi) is 7.30. The number of hydrogen-bond donors (Lipinski definition) is 2. The highest BCUT2D eigenvalue weighted by Crippen LogP contribution is 2.18. The van der Waals surface area contributed by atoms with Gasteiger partial charge in [0, 0.05) is 38.8 Å². The van der Waals surface area contributed by atoms with Crippen LogP contribution in [0.15, 0.2) is 0 Å². The zero-order valence-electron chi connectivity index (χ0n) is 12.2. The molecule has 1 aliphatic heterocycles. The van der Waals surface area contributed by atoms with E-state index in [4.69, 9.17) is 9.84 Å². The lowest BCUT2D eigenvalue weighted by Gasteiger charge is -2.35. The summed E-state index contributed by atoms with van der Waals surface area (Å²) in [6.45, 7) is 1.03. The fraction of sp³-hybridized carbons (Fsp3) is 0.750. The Balaban J connectivity index is 2.52. The van der Waals surface area contributed by atoms with E-state index in [1.54, 1.807) is 0 Å². The van der Waals surface area contributed by atoms with Crippen molar-refractivity contribution < 1.29 is 24.2 Å². The third kappa shape index (κ3) is 5.43. The zero-order valence-corrected chi connectivity index (χ0v) is 13.0. The van der Waals surface area contributed by atoms with Gasteiger partial charge in [-0.05, 0) is 0 Å². The summed E-state index contributed by atoms with van der Waals surface area (Å²) >= 11 is 1.51. The van der Waals surface area contributed by atoms with Gasteiger partial charge in [-0.2, -0.15) is 11.8 Å². The molecule has 3 amide bonds. The standard InChI is InChI=1S/C12H21N3O5S/c1-14(7-10(16)13-3-5-20-2)12(19)15-4-6-21-8-9(15)11(17)18/h9H,3-8H2,1-2H3,(H,13,16)(H,17,18). The predicted molar refractivity (Wildman–Crippen MR) is 78.4 cm³/mol. The van der Waals surface area contributed by atoms with E-state index in [1.807, 2.05) is 0 Å². The number of likely N-dealkylation sites (N-methyl/N-ethyl adjacent to an activating group) is 1. The maximum Gasteiger partial charge on any atom is 0.327 e. The number of hydrogen-bond acceptors (Lipinski definition) is 5. The van der Waals surface area contributed by atoms with Gasteiger partial charge in [-0.15, -0.1) is 0 Å². The van der Waals surface area contributed by atoms with Crippen molar-refractivity contribution in [3.63, 3.8) is 0 Å². The number of urea groups is 1. The van der Waals surface area contributed by atoms with Crippen molar-refractivity contribution in [2.24, 2.45) is 0 Å². The van der Waals surface area contributed by atoms with E-state index in [0.29, 0.717) is 31.2 Å². The van der Waals surface area contributed by atoms with Gasteiger partial charge in [-0.3, -0.25) is 4.79 Å². The van der Waals surface area contributed by atoms with Gasteiger partial charge in [-0.25, -0.2) is 9.59 Å². The summed E-state index contributed by atoms with van der Waals surface area (Å²) in [5.74, 6) is -0.257. The molecule has 9 heteroatoms. The number of nitrogens with zero attached hydrogens (tertiary/aromatic N) is 2. The Hall–Kier alpha value is -1.48. The lowest BCUT2D eigenvalue weighted by Crippen LogP contribution is -2.55. The first-order valence-corrected chi connectivity index (χ1v) is 7.70. The average Bonchev–Trinajstić information content (AvgIpc) is 2.46. The van der Waals surface area contributed by atoms with Crippen molar-refractivity contribution in [3.05, 3.63) is 0 Å². The number of nitrogens with one attached hydrogen (secondary N) is 1. The Labute approximate surface area is 127 Å². The first kappa shape index (κ1) is 17.6. The van der Waals surface area contributed by atoms with Crippen LogP contribution in [0.2, 0.25) is 0 Å². The minimum Gasteiger partial charge on any atom is -0.480 e. The number of carboxylic acid groups (broad SMARTS) is 1. The SMILES string of the molecule is COCCNC(=O)CN(C)C(=O)N1CCSCC1C(=O)O. The molecule has 1 heterocycles. The quantitative estimate of drug-likeness (QED) is 0.628. The van der Waals surface area contributed by atoms with E-state index in [0.717, 1.165) is 0 Å². The molecule has 21 heavy (non-hydrogen) atoms. The van der Waals surface area contributed by atoms with Crippen molar-refractivity contribution in [1.82, 2.24) is 15.1 Å². The molecule has 0 aliphatic carbocycles. The van der Waals surface area contributed by atoms with Gasteiger partial charge in [0.05, 0.1) is 6.61 Å². The topological polar surface area (TPSA) is 99.2 Å². The number of carbonyl (C=O) groups is 3. The monoisotopic (exact) mass is 319 g/mol. The van der Waals surface area contributed by atoms with Crippen molar-refractivity contribution in [1.29, 1.82) is 0 Å². The maximum absolute atomic E-state index is 12.3. The molecule has 0 saturated carbocycles. The van der Waals surface area contributed by atoms with Crippen LogP contribution in [0.25, 0.3) is 0 Å².